The van der Waals surface area contributed by atoms with Gasteiger partial charge < -0.3 is 4.74 Å². The lowest BCUT2D eigenvalue weighted by atomic mass is 10.1. The number of ether oxygens (including phenoxy) is 1. The number of carbonyl (C=O) groups is 1. The normalized spacial score (nSPS) is 10.4. The quantitative estimate of drug-likeness (QED) is 0.353. The van der Waals surface area contributed by atoms with Crippen LogP contribution in [-0.4, -0.2) is 13.1 Å². The number of esters is 1. The third-order valence-corrected chi connectivity index (χ3v) is 5.30. The summed E-state index contributed by atoms with van der Waals surface area (Å²) in [4.78, 5) is 11.6. The molecule has 5 nitrogen and oxygen atoms in total. The van der Waals surface area contributed by atoms with E-state index in [2.05, 4.69) is 64.3 Å². The minimum atomic E-state index is -0.324. The Morgan fingerprint density at radius 2 is 1.19 bits per heavy atom. The molecule has 0 atom stereocenters. The van der Waals surface area contributed by atoms with E-state index >= 15 is 0 Å². The van der Waals surface area contributed by atoms with Crippen LogP contribution in [0.1, 0.15) is 27.0 Å². The Labute approximate surface area is 187 Å². The number of nitriles is 1. The van der Waals surface area contributed by atoms with Crippen molar-refractivity contribution >= 4 is 5.97 Å². The number of hydrogen-bond donors (Lipinski definition) is 0. The van der Waals surface area contributed by atoms with Crippen LogP contribution >= 0.6 is 0 Å². The molecule has 0 unspecified atom stereocenters. The molecule has 5 heteroatoms. The number of pyridine rings is 2. The van der Waals surface area contributed by atoms with Gasteiger partial charge in [-0.15, -0.1) is 0 Å². The summed E-state index contributed by atoms with van der Waals surface area (Å²) in [6, 6.07) is 25.7. The zero-order valence-electron chi connectivity index (χ0n) is 17.8. The van der Waals surface area contributed by atoms with Gasteiger partial charge in [0.15, 0.2) is 37.9 Å². The highest BCUT2D eigenvalue weighted by atomic mass is 16.5. The maximum atomic E-state index is 11.6. The van der Waals surface area contributed by atoms with Gasteiger partial charge >= 0.3 is 5.97 Å². The molecule has 4 rings (SSSR count). The molecule has 156 valence electrons. The summed E-state index contributed by atoms with van der Waals surface area (Å²) in [5.74, 6) is -0.324. The Balaban J connectivity index is 1.40. The summed E-state index contributed by atoms with van der Waals surface area (Å²) < 4.78 is 8.96. The fourth-order valence-corrected chi connectivity index (χ4v) is 3.48. The Hall–Kier alpha value is -4.30. The molecule has 2 aromatic heterocycles. The van der Waals surface area contributed by atoms with Gasteiger partial charge in [-0.05, 0) is 35.4 Å². The molecule has 0 radical (unpaired) electrons. The molecule has 0 amide bonds. The zero-order chi connectivity index (χ0) is 22.3. The molecule has 0 bridgehead atoms. The molecule has 2 aromatic carbocycles. The SMILES string of the molecule is COC(=O)c1ccc(C[n+]2ccc(-c3cc[n+](Cc4ccc(C#N)cc4)cc3)cc2)cc1. The van der Waals surface area contributed by atoms with Gasteiger partial charge in [-0.25, -0.2) is 13.9 Å². The molecule has 0 saturated carbocycles. The molecule has 0 spiro atoms. The van der Waals surface area contributed by atoms with E-state index in [0.717, 1.165) is 35.3 Å². The Morgan fingerprint density at radius 3 is 1.59 bits per heavy atom. The second-order valence-electron chi connectivity index (χ2n) is 7.52. The maximum Gasteiger partial charge on any atom is 0.337 e. The molecule has 2 heterocycles. The molecule has 0 N–H and O–H groups in total. The van der Waals surface area contributed by atoms with Gasteiger partial charge in [0, 0.05) is 35.4 Å². The lowest BCUT2D eigenvalue weighted by Crippen LogP contribution is -2.33. The van der Waals surface area contributed by atoms with Crippen LogP contribution in [0.15, 0.2) is 97.6 Å². The van der Waals surface area contributed by atoms with Crippen molar-refractivity contribution in [3.05, 3.63) is 120 Å². The molecular weight excluding hydrogens is 398 g/mol. The number of carbonyl (C=O) groups excluding carboxylic acids is 1. The van der Waals surface area contributed by atoms with Crippen LogP contribution in [0.2, 0.25) is 0 Å². The first-order valence-corrected chi connectivity index (χ1v) is 10.3. The smallest absolute Gasteiger partial charge is 0.337 e. The molecule has 32 heavy (non-hydrogen) atoms. The van der Waals surface area contributed by atoms with E-state index in [1.807, 2.05) is 36.4 Å². The van der Waals surface area contributed by atoms with Crippen molar-refractivity contribution in [1.29, 1.82) is 5.26 Å². The van der Waals surface area contributed by atoms with Gasteiger partial charge in [-0.3, -0.25) is 0 Å². The number of benzene rings is 2. The average molecular weight is 422 g/mol. The number of rotatable bonds is 6. The molecule has 0 fully saturated rings. The third kappa shape index (κ3) is 5.05. The van der Waals surface area contributed by atoms with Crippen molar-refractivity contribution in [2.45, 2.75) is 13.1 Å². The summed E-state index contributed by atoms with van der Waals surface area (Å²) in [6.45, 7) is 1.48. The number of aromatic nitrogens is 2. The predicted molar refractivity (Wildman–Crippen MR) is 119 cm³/mol. The van der Waals surface area contributed by atoms with Gasteiger partial charge in [0.05, 0.1) is 24.3 Å². The molecule has 0 aliphatic carbocycles. The molecule has 0 aliphatic rings. The zero-order valence-corrected chi connectivity index (χ0v) is 17.8. The highest BCUT2D eigenvalue weighted by molar-refractivity contribution is 5.89. The second kappa shape index (κ2) is 9.67. The van der Waals surface area contributed by atoms with Gasteiger partial charge in [-0.1, -0.05) is 24.3 Å². The van der Waals surface area contributed by atoms with Crippen LogP contribution in [0, 0.1) is 11.3 Å². The first-order chi connectivity index (χ1) is 15.6. The lowest BCUT2D eigenvalue weighted by molar-refractivity contribution is -0.688. The summed E-state index contributed by atoms with van der Waals surface area (Å²) >= 11 is 0. The van der Waals surface area contributed by atoms with E-state index in [-0.39, 0.29) is 5.97 Å². The minimum Gasteiger partial charge on any atom is -0.465 e. The van der Waals surface area contributed by atoms with Crippen molar-refractivity contribution in [2.24, 2.45) is 0 Å². The fraction of sp³-hybridized carbons (Fsp3) is 0.111. The fourth-order valence-electron chi connectivity index (χ4n) is 3.48. The van der Waals surface area contributed by atoms with Crippen molar-refractivity contribution < 1.29 is 18.7 Å². The van der Waals surface area contributed by atoms with Gasteiger partial charge in [-0.2, -0.15) is 5.26 Å². The molecule has 0 aliphatic heterocycles. The highest BCUT2D eigenvalue weighted by Crippen LogP contribution is 2.16. The molecular formula is C27H23N3O2+2. The van der Waals surface area contributed by atoms with Crippen LogP contribution in [0.3, 0.4) is 0 Å². The summed E-state index contributed by atoms with van der Waals surface area (Å²) in [5, 5.41) is 8.91. The van der Waals surface area contributed by atoms with Gasteiger partial charge in [0.25, 0.3) is 0 Å². The largest absolute Gasteiger partial charge is 0.465 e. The van der Waals surface area contributed by atoms with Gasteiger partial charge in [0.1, 0.15) is 0 Å². The topological polar surface area (TPSA) is 57.9 Å². The van der Waals surface area contributed by atoms with E-state index in [1.54, 1.807) is 12.1 Å². The Kier molecular flexibility index (Phi) is 6.33. The minimum absolute atomic E-state index is 0.324. The summed E-state index contributed by atoms with van der Waals surface area (Å²) in [7, 11) is 1.38. The van der Waals surface area contributed by atoms with E-state index < -0.39 is 0 Å². The van der Waals surface area contributed by atoms with Crippen LogP contribution in [-0.2, 0) is 17.8 Å². The third-order valence-electron chi connectivity index (χ3n) is 5.30. The van der Waals surface area contributed by atoms with Gasteiger partial charge in [0.2, 0.25) is 0 Å². The van der Waals surface area contributed by atoms with E-state index in [4.69, 9.17) is 10.00 Å². The summed E-state index contributed by atoms with van der Waals surface area (Å²) in [5.41, 5.74) is 5.79. The van der Waals surface area contributed by atoms with Crippen LogP contribution in [0.4, 0.5) is 0 Å². The number of nitrogens with zero attached hydrogens (tertiary/aromatic N) is 3. The standard InChI is InChI=1S/C27H23N3O2/c1-32-27(31)26-8-6-23(7-9-26)20-30-16-12-25(13-17-30)24-10-14-29(15-11-24)19-22-4-2-21(18-28)3-5-22/h2-17H,19-20H2,1H3/q+2. The van der Waals surface area contributed by atoms with Crippen molar-refractivity contribution in [3.63, 3.8) is 0 Å². The predicted octanol–water partition coefficient (Wildman–Crippen LogP) is 3.68. The number of hydrogen-bond acceptors (Lipinski definition) is 3. The highest BCUT2D eigenvalue weighted by Gasteiger charge is 2.09. The Morgan fingerprint density at radius 1 is 0.750 bits per heavy atom. The average Bonchev–Trinajstić information content (AvgIpc) is 2.85. The lowest BCUT2D eigenvalue weighted by Gasteiger charge is -2.03. The summed E-state index contributed by atoms with van der Waals surface area (Å²) in [6.07, 6.45) is 8.25. The van der Waals surface area contributed by atoms with Crippen molar-refractivity contribution in [2.75, 3.05) is 7.11 Å². The first kappa shape index (κ1) is 21.0. The van der Waals surface area contributed by atoms with Crippen molar-refractivity contribution in [3.8, 4) is 17.2 Å². The van der Waals surface area contributed by atoms with Crippen LogP contribution in [0.5, 0.6) is 0 Å². The molecule has 0 saturated heterocycles. The molecule has 4 aromatic rings. The number of methoxy groups -OCH3 is 1. The first-order valence-electron chi connectivity index (χ1n) is 10.3. The van der Waals surface area contributed by atoms with Crippen LogP contribution < -0.4 is 9.13 Å². The van der Waals surface area contributed by atoms with E-state index in [0.29, 0.717) is 11.1 Å². The maximum absolute atomic E-state index is 11.6. The van der Waals surface area contributed by atoms with E-state index in [9.17, 15) is 4.79 Å². The second-order valence-corrected chi connectivity index (χ2v) is 7.52. The van der Waals surface area contributed by atoms with E-state index in [1.165, 1.54) is 7.11 Å². The van der Waals surface area contributed by atoms with Crippen LogP contribution in [0.25, 0.3) is 11.1 Å². The Bertz CT molecular complexity index is 1240. The van der Waals surface area contributed by atoms with Crippen molar-refractivity contribution in [1.82, 2.24) is 0 Å². The monoisotopic (exact) mass is 421 g/mol.